The van der Waals surface area contributed by atoms with Crippen LogP contribution in [0.2, 0.25) is 0 Å². The normalized spacial score (nSPS) is 16.3. The molecule has 0 fully saturated rings. The first-order valence-corrected chi connectivity index (χ1v) is 11.0. The van der Waals surface area contributed by atoms with Crippen molar-refractivity contribution in [3.63, 3.8) is 0 Å². The number of hydrogen-bond acceptors (Lipinski definition) is 4. The molecule has 2 amide bonds. The summed E-state index contributed by atoms with van der Waals surface area (Å²) in [5, 5.41) is 10.3. The molecular formula is C26H24N4O2. The highest BCUT2D eigenvalue weighted by atomic mass is 16.2. The number of nitrogens with one attached hydrogen (secondary N) is 1. The Balaban J connectivity index is 1.14. The standard InChI is InChI=1S/C26H24N4O2/c27-16-18-7-8-24-22(15-18)23(17-28-24)19-9-13-29(14-10-19)11-3-4-12-30-25(31)20-5-1-2-6-21(20)26(30)32/h1-2,5-9,15,17,28H,3-4,10-14H2. The predicted molar refractivity (Wildman–Crippen MR) is 123 cm³/mol. The lowest BCUT2D eigenvalue weighted by molar-refractivity contribution is 0.0650. The molecule has 0 radical (unpaired) electrons. The van der Waals surface area contributed by atoms with Crippen LogP contribution in [0.4, 0.5) is 0 Å². The Labute approximate surface area is 186 Å². The number of nitriles is 1. The van der Waals surface area contributed by atoms with Crippen LogP contribution in [0.15, 0.2) is 54.7 Å². The molecule has 1 N–H and O–H groups in total. The number of aromatic nitrogens is 1. The number of fused-ring (bicyclic) bond motifs is 2. The highest BCUT2D eigenvalue weighted by Gasteiger charge is 2.34. The van der Waals surface area contributed by atoms with Crippen molar-refractivity contribution in [2.24, 2.45) is 0 Å². The molecule has 2 aliphatic rings. The highest BCUT2D eigenvalue weighted by molar-refractivity contribution is 6.21. The molecule has 6 nitrogen and oxygen atoms in total. The van der Waals surface area contributed by atoms with Gasteiger partial charge in [0.25, 0.3) is 11.8 Å². The van der Waals surface area contributed by atoms with E-state index in [0.29, 0.717) is 23.2 Å². The minimum atomic E-state index is -0.172. The Morgan fingerprint density at radius 3 is 2.41 bits per heavy atom. The maximum Gasteiger partial charge on any atom is 0.261 e. The van der Waals surface area contributed by atoms with Gasteiger partial charge in [-0.15, -0.1) is 0 Å². The minimum Gasteiger partial charge on any atom is -0.361 e. The number of carbonyl (C=O) groups is 2. The summed E-state index contributed by atoms with van der Waals surface area (Å²) in [5.74, 6) is -0.344. The summed E-state index contributed by atoms with van der Waals surface area (Å²) in [6, 6.07) is 15.0. The van der Waals surface area contributed by atoms with Crippen LogP contribution in [0.25, 0.3) is 16.5 Å². The zero-order chi connectivity index (χ0) is 22.1. The molecular weight excluding hydrogens is 400 g/mol. The molecule has 0 spiro atoms. The van der Waals surface area contributed by atoms with E-state index >= 15 is 0 Å². The second kappa shape index (κ2) is 8.45. The van der Waals surface area contributed by atoms with Gasteiger partial charge in [0.05, 0.1) is 22.8 Å². The molecule has 2 aromatic carbocycles. The van der Waals surface area contributed by atoms with E-state index in [0.717, 1.165) is 49.8 Å². The number of nitrogens with zero attached hydrogens (tertiary/aromatic N) is 3. The zero-order valence-corrected chi connectivity index (χ0v) is 17.8. The largest absolute Gasteiger partial charge is 0.361 e. The Morgan fingerprint density at radius 2 is 1.72 bits per heavy atom. The molecule has 1 aromatic heterocycles. The van der Waals surface area contributed by atoms with Crippen molar-refractivity contribution < 1.29 is 9.59 Å². The van der Waals surface area contributed by atoms with Gasteiger partial charge in [0, 0.05) is 42.3 Å². The number of unbranched alkanes of at least 4 members (excludes halogenated alkanes) is 1. The lowest BCUT2D eigenvalue weighted by Crippen LogP contribution is -2.32. The highest BCUT2D eigenvalue weighted by Crippen LogP contribution is 2.30. The molecule has 6 heteroatoms. The van der Waals surface area contributed by atoms with Crippen LogP contribution >= 0.6 is 0 Å². The van der Waals surface area contributed by atoms with Crippen LogP contribution in [0, 0.1) is 11.3 Å². The topological polar surface area (TPSA) is 80.2 Å². The van der Waals surface area contributed by atoms with Gasteiger partial charge in [-0.05, 0) is 61.7 Å². The summed E-state index contributed by atoms with van der Waals surface area (Å²) in [5.41, 5.74) is 5.26. The molecule has 0 unspecified atom stereocenters. The maximum absolute atomic E-state index is 12.5. The minimum absolute atomic E-state index is 0.172. The summed E-state index contributed by atoms with van der Waals surface area (Å²) in [6.07, 6.45) is 7.01. The van der Waals surface area contributed by atoms with Crippen molar-refractivity contribution >= 4 is 28.3 Å². The van der Waals surface area contributed by atoms with Gasteiger partial charge in [-0.1, -0.05) is 18.2 Å². The van der Waals surface area contributed by atoms with Gasteiger partial charge in [0.2, 0.25) is 0 Å². The van der Waals surface area contributed by atoms with Gasteiger partial charge in [-0.2, -0.15) is 5.26 Å². The van der Waals surface area contributed by atoms with Gasteiger partial charge in [-0.3, -0.25) is 19.4 Å². The molecule has 2 aliphatic heterocycles. The third-order valence-corrected chi connectivity index (χ3v) is 6.43. The van der Waals surface area contributed by atoms with E-state index in [1.807, 2.05) is 24.4 Å². The van der Waals surface area contributed by atoms with Gasteiger partial charge in [-0.25, -0.2) is 0 Å². The first-order chi connectivity index (χ1) is 15.7. The smallest absolute Gasteiger partial charge is 0.261 e. The summed E-state index contributed by atoms with van der Waals surface area (Å²) in [6.45, 7) is 3.27. The van der Waals surface area contributed by atoms with Gasteiger partial charge in [0.15, 0.2) is 0 Å². The van der Waals surface area contributed by atoms with E-state index < -0.39 is 0 Å². The van der Waals surface area contributed by atoms with Crippen molar-refractivity contribution in [3.05, 3.63) is 77.0 Å². The zero-order valence-electron chi connectivity index (χ0n) is 17.8. The second-order valence-electron chi connectivity index (χ2n) is 8.37. The average molecular weight is 425 g/mol. The number of benzene rings is 2. The lowest BCUT2D eigenvalue weighted by Gasteiger charge is -2.26. The number of carbonyl (C=O) groups excluding carboxylic acids is 2. The fourth-order valence-electron chi connectivity index (χ4n) is 4.66. The van der Waals surface area contributed by atoms with Crippen LogP contribution in [-0.4, -0.2) is 52.8 Å². The molecule has 0 bridgehead atoms. The summed E-state index contributed by atoms with van der Waals surface area (Å²) in [4.78, 5) is 32.0. The van der Waals surface area contributed by atoms with E-state index in [-0.39, 0.29) is 11.8 Å². The van der Waals surface area contributed by atoms with Crippen molar-refractivity contribution in [2.75, 3.05) is 26.2 Å². The fraction of sp³-hybridized carbons (Fsp3) is 0.269. The van der Waals surface area contributed by atoms with E-state index in [9.17, 15) is 14.9 Å². The van der Waals surface area contributed by atoms with Gasteiger partial charge < -0.3 is 4.98 Å². The quantitative estimate of drug-likeness (QED) is 0.475. The number of amides is 2. The summed E-state index contributed by atoms with van der Waals surface area (Å²) < 4.78 is 0. The number of rotatable bonds is 6. The third-order valence-electron chi connectivity index (χ3n) is 6.43. The number of H-pyrrole nitrogens is 1. The van der Waals surface area contributed by atoms with Crippen molar-refractivity contribution in [1.82, 2.24) is 14.8 Å². The molecule has 0 aliphatic carbocycles. The van der Waals surface area contributed by atoms with Gasteiger partial charge in [0.1, 0.15) is 0 Å². The Morgan fingerprint density at radius 1 is 0.969 bits per heavy atom. The van der Waals surface area contributed by atoms with E-state index in [2.05, 4.69) is 22.0 Å². The van der Waals surface area contributed by atoms with Crippen molar-refractivity contribution in [3.8, 4) is 6.07 Å². The van der Waals surface area contributed by atoms with Gasteiger partial charge >= 0.3 is 0 Å². The lowest BCUT2D eigenvalue weighted by atomic mass is 9.98. The van der Waals surface area contributed by atoms with E-state index in [1.165, 1.54) is 16.0 Å². The first kappa shape index (κ1) is 20.2. The molecule has 3 heterocycles. The number of imide groups is 1. The van der Waals surface area contributed by atoms with Crippen LogP contribution in [0.3, 0.4) is 0 Å². The molecule has 3 aromatic rings. The van der Waals surface area contributed by atoms with Crippen LogP contribution < -0.4 is 0 Å². The third kappa shape index (κ3) is 3.61. The van der Waals surface area contributed by atoms with Crippen LogP contribution in [0.5, 0.6) is 0 Å². The Bertz CT molecular complexity index is 1250. The number of aromatic amines is 1. The SMILES string of the molecule is N#Cc1ccc2[nH]cc(C3=CCN(CCCCN4C(=O)c5ccccc5C4=O)CC3)c2c1. The molecule has 5 rings (SSSR count). The molecule has 0 saturated carbocycles. The van der Waals surface area contributed by atoms with E-state index in [4.69, 9.17) is 0 Å². The van der Waals surface area contributed by atoms with E-state index in [1.54, 1.807) is 24.3 Å². The molecule has 160 valence electrons. The maximum atomic E-state index is 12.5. The van der Waals surface area contributed by atoms with Crippen molar-refractivity contribution in [1.29, 1.82) is 5.26 Å². The molecule has 32 heavy (non-hydrogen) atoms. The second-order valence-corrected chi connectivity index (χ2v) is 8.37. The Kier molecular flexibility index (Phi) is 5.34. The van der Waals surface area contributed by atoms with Crippen molar-refractivity contribution in [2.45, 2.75) is 19.3 Å². The summed E-state index contributed by atoms with van der Waals surface area (Å²) >= 11 is 0. The summed E-state index contributed by atoms with van der Waals surface area (Å²) in [7, 11) is 0. The Hall–Kier alpha value is -3.69. The molecule has 0 saturated heterocycles. The monoisotopic (exact) mass is 424 g/mol. The number of hydrogen-bond donors (Lipinski definition) is 1. The fourth-order valence-corrected chi connectivity index (χ4v) is 4.66. The van der Waals surface area contributed by atoms with Crippen LogP contribution in [-0.2, 0) is 0 Å². The van der Waals surface area contributed by atoms with Crippen LogP contribution in [0.1, 0.15) is 51.1 Å². The molecule has 0 atom stereocenters. The predicted octanol–water partition coefficient (Wildman–Crippen LogP) is 4.21. The average Bonchev–Trinajstić information content (AvgIpc) is 3.36. The first-order valence-electron chi connectivity index (χ1n) is 11.0.